The van der Waals surface area contributed by atoms with Gasteiger partial charge in [0.2, 0.25) is 6.79 Å². The number of aromatic nitrogens is 2. The lowest BCUT2D eigenvalue weighted by molar-refractivity contribution is 0.174. The number of hydrogen-bond donors (Lipinski definition) is 1. The molecule has 0 spiro atoms. The van der Waals surface area contributed by atoms with Gasteiger partial charge < -0.3 is 19.1 Å². The van der Waals surface area contributed by atoms with E-state index in [0.29, 0.717) is 24.7 Å². The van der Waals surface area contributed by atoms with Gasteiger partial charge in [0.15, 0.2) is 11.5 Å². The molecule has 4 aromatic rings. The number of rotatable bonds is 10. The van der Waals surface area contributed by atoms with Gasteiger partial charge in [0, 0.05) is 37.2 Å². The molecule has 0 saturated heterocycles. The zero-order chi connectivity index (χ0) is 28.3. The summed E-state index contributed by atoms with van der Waals surface area (Å²) in [6.07, 6.45) is 2.17. The standard InChI is InChI=1S/C33H38ClN3O3/c1-5-6-16-37-27(31(33(2,3)4)35-32(37)25-10-8-7-9-11-25)21-36(19-23-12-14-28(38)26(34)17-23)20-24-13-15-29-30(18-24)40-22-39-29/h7-15,17-18,38H,5-6,16,19-22H2,1-4H3. The average Bonchev–Trinajstić information content (AvgIpc) is 3.54. The fraction of sp³-hybridized carbons (Fsp3) is 0.364. The highest BCUT2D eigenvalue weighted by Crippen LogP contribution is 2.35. The molecule has 0 aliphatic carbocycles. The highest BCUT2D eigenvalue weighted by atomic mass is 35.5. The van der Waals surface area contributed by atoms with Crippen LogP contribution in [0.5, 0.6) is 17.2 Å². The second-order valence-electron chi connectivity index (χ2n) is 11.5. The Hall–Kier alpha value is -3.48. The molecule has 40 heavy (non-hydrogen) atoms. The van der Waals surface area contributed by atoms with E-state index >= 15 is 0 Å². The van der Waals surface area contributed by atoms with Crippen molar-refractivity contribution in [2.45, 2.75) is 72.1 Å². The molecule has 1 aromatic heterocycles. The van der Waals surface area contributed by atoms with Gasteiger partial charge in [-0.2, -0.15) is 0 Å². The van der Waals surface area contributed by atoms with Crippen LogP contribution < -0.4 is 9.47 Å². The van der Waals surface area contributed by atoms with Crippen molar-refractivity contribution in [3.63, 3.8) is 0 Å². The lowest BCUT2D eigenvalue weighted by atomic mass is 9.90. The van der Waals surface area contributed by atoms with Gasteiger partial charge in [-0.1, -0.05) is 88.2 Å². The minimum Gasteiger partial charge on any atom is -0.506 e. The third-order valence-corrected chi connectivity index (χ3v) is 7.49. The molecule has 7 heteroatoms. The summed E-state index contributed by atoms with van der Waals surface area (Å²) >= 11 is 6.31. The number of phenolic OH excluding ortho intramolecular Hbond substituents is 1. The van der Waals surface area contributed by atoms with Crippen LogP contribution >= 0.6 is 11.6 Å². The van der Waals surface area contributed by atoms with Crippen LogP contribution in [0.2, 0.25) is 5.02 Å². The normalized spacial score (nSPS) is 12.8. The van der Waals surface area contributed by atoms with E-state index in [1.165, 1.54) is 5.69 Å². The molecule has 1 N–H and O–H groups in total. The molecule has 1 aliphatic rings. The number of hydrogen-bond acceptors (Lipinski definition) is 5. The van der Waals surface area contributed by atoms with Crippen molar-refractivity contribution in [3.8, 4) is 28.6 Å². The molecule has 210 valence electrons. The fourth-order valence-electron chi connectivity index (χ4n) is 5.20. The topological polar surface area (TPSA) is 59.8 Å². The predicted molar refractivity (Wildman–Crippen MR) is 160 cm³/mol. The van der Waals surface area contributed by atoms with Crippen LogP contribution in [0, 0.1) is 0 Å². The van der Waals surface area contributed by atoms with Crippen molar-refractivity contribution in [3.05, 3.63) is 94.3 Å². The maximum Gasteiger partial charge on any atom is 0.231 e. The maximum absolute atomic E-state index is 10.0. The van der Waals surface area contributed by atoms with Gasteiger partial charge in [0.25, 0.3) is 0 Å². The Labute approximate surface area is 242 Å². The van der Waals surface area contributed by atoms with Crippen LogP contribution in [0.4, 0.5) is 0 Å². The molecule has 5 rings (SSSR count). The van der Waals surface area contributed by atoms with Gasteiger partial charge in [-0.3, -0.25) is 4.90 Å². The SMILES string of the molecule is CCCCn1c(-c2ccccc2)nc(C(C)(C)C)c1CN(Cc1ccc(O)c(Cl)c1)Cc1ccc2c(c1)OCO2. The number of benzene rings is 3. The van der Waals surface area contributed by atoms with Gasteiger partial charge in [-0.05, 0) is 41.8 Å². The molecule has 0 unspecified atom stereocenters. The molecular formula is C33H38ClN3O3. The first-order chi connectivity index (χ1) is 19.2. The number of aromatic hydroxyl groups is 1. The van der Waals surface area contributed by atoms with Crippen LogP contribution in [-0.4, -0.2) is 26.4 Å². The van der Waals surface area contributed by atoms with Crippen molar-refractivity contribution in [1.82, 2.24) is 14.5 Å². The zero-order valence-corrected chi connectivity index (χ0v) is 24.5. The first kappa shape index (κ1) is 28.1. The quantitative estimate of drug-likeness (QED) is 0.214. The van der Waals surface area contributed by atoms with Crippen molar-refractivity contribution >= 4 is 11.6 Å². The van der Waals surface area contributed by atoms with E-state index in [1.54, 1.807) is 6.07 Å². The van der Waals surface area contributed by atoms with E-state index < -0.39 is 0 Å². The second kappa shape index (κ2) is 11.9. The molecule has 0 bridgehead atoms. The molecule has 0 fully saturated rings. The van der Waals surface area contributed by atoms with Crippen molar-refractivity contribution < 1.29 is 14.6 Å². The van der Waals surface area contributed by atoms with Gasteiger partial charge >= 0.3 is 0 Å². The minimum absolute atomic E-state index is 0.0906. The molecule has 0 radical (unpaired) electrons. The molecule has 0 saturated carbocycles. The zero-order valence-electron chi connectivity index (χ0n) is 23.8. The molecular weight excluding hydrogens is 522 g/mol. The summed E-state index contributed by atoms with van der Waals surface area (Å²) in [6, 6.07) is 22.1. The Morgan fingerprint density at radius 2 is 1.62 bits per heavy atom. The van der Waals surface area contributed by atoms with E-state index in [-0.39, 0.29) is 18.0 Å². The first-order valence-electron chi connectivity index (χ1n) is 14.0. The number of phenols is 1. The van der Waals surface area contributed by atoms with E-state index in [4.69, 9.17) is 26.1 Å². The first-order valence-corrected chi connectivity index (χ1v) is 14.3. The Balaban J connectivity index is 1.57. The molecule has 0 amide bonds. The van der Waals surface area contributed by atoms with Crippen LogP contribution in [0.1, 0.15) is 63.1 Å². The number of halogens is 1. The highest BCUT2D eigenvalue weighted by Gasteiger charge is 2.28. The van der Waals surface area contributed by atoms with E-state index in [9.17, 15) is 5.11 Å². The second-order valence-corrected chi connectivity index (χ2v) is 11.9. The minimum atomic E-state index is -0.136. The lowest BCUT2D eigenvalue weighted by Gasteiger charge is -2.27. The van der Waals surface area contributed by atoms with Crippen molar-refractivity contribution in [1.29, 1.82) is 0 Å². The maximum atomic E-state index is 10.0. The van der Waals surface area contributed by atoms with E-state index in [1.807, 2.05) is 24.3 Å². The van der Waals surface area contributed by atoms with Gasteiger partial charge in [0.1, 0.15) is 11.6 Å². The molecule has 0 atom stereocenters. The van der Waals surface area contributed by atoms with Gasteiger partial charge in [-0.15, -0.1) is 0 Å². The summed E-state index contributed by atoms with van der Waals surface area (Å²) in [6.45, 7) is 12.1. The number of ether oxygens (including phenoxy) is 2. The number of unbranched alkanes of at least 4 members (excludes halogenated alkanes) is 1. The largest absolute Gasteiger partial charge is 0.506 e. The average molecular weight is 560 g/mol. The molecule has 6 nitrogen and oxygen atoms in total. The Kier molecular flexibility index (Phi) is 8.38. The number of fused-ring (bicyclic) bond motifs is 1. The third-order valence-electron chi connectivity index (χ3n) is 7.19. The summed E-state index contributed by atoms with van der Waals surface area (Å²) in [7, 11) is 0. The van der Waals surface area contributed by atoms with Gasteiger partial charge in [0.05, 0.1) is 16.4 Å². The smallest absolute Gasteiger partial charge is 0.231 e. The number of nitrogens with zero attached hydrogens (tertiary/aromatic N) is 3. The summed E-state index contributed by atoms with van der Waals surface area (Å²) < 4.78 is 13.6. The van der Waals surface area contributed by atoms with Crippen molar-refractivity contribution in [2.24, 2.45) is 0 Å². The molecule has 2 heterocycles. The third kappa shape index (κ3) is 6.29. The number of imidazole rings is 1. The van der Waals surface area contributed by atoms with Crippen LogP contribution in [0.25, 0.3) is 11.4 Å². The monoisotopic (exact) mass is 559 g/mol. The summed E-state index contributed by atoms with van der Waals surface area (Å²) in [5.74, 6) is 2.67. The van der Waals surface area contributed by atoms with Crippen LogP contribution in [0.3, 0.4) is 0 Å². The Morgan fingerprint density at radius 1 is 0.925 bits per heavy atom. The highest BCUT2D eigenvalue weighted by molar-refractivity contribution is 6.32. The van der Waals surface area contributed by atoms with Gasteiger partial charge in [-0.25, -0.2) is 4.98 Å². The Morgan fingerprint density at radius 3 is 2.33 bits per heavy atom. The lowest BCUT2D eigenvalue weighted by Crippen LogP contribution is -2.26. The summed E-state index contributed by atoms with van der Waals surface area (Å²) in [5.41, 5.74) is 5.50. The summed E-state index contributed by atoms with van der Waals surface area (Å²) in [5, 5.41) is 10.4. The fourth-order valence-corrected chi connectivity index (χ4v) is 5.40. The molecule has 3 aromatic carbocycles. The van der Waals surface area contributed by atoms with E-state index in [2.05, 4.69) is 73.6 Å². The van der Waals surface area contributed by atoms with Crippen LogP contribution in [0.15, 0.2) is 66.7 Å². The van der Waals surface area contributed by atoms with Crippen LogP contribution in [-0.2, 0) is 31.6 Å². The van der Waals surface area contributed by atoms with E-state index in [0.717, 1.165) is 59.1 Å². The summed E-state index contributed by atoms with van der Waals surface area (Å²) in [4.78, 5) is 7.70. The van der Waals surface area contributed by atoms with Crippen molar-refractivity contribution in [2.75, 3.05) is 6.79 Å². The predicted octanol–water partition coefficient (Wildman–Crippen LogP) is 7.94. The molecule has 1 aliphatic heterocycles. The Bertz CT molecular complexity index is 1460.